The summed E-state index contributed by atoms with van der Waals surface area (Å²) in [6.07, 6.45) is 1.58. The molecule has 0 aliphatic heterocycles. The molecule has 4 nitrogen and oxygen atoms in total. The fourth-order valence-electron chi connectivity index (χ4n) is 1.86. The minimum Gasteiger partial charge on any atom is -0.465 e. The van der Waals surface area contributed by atoms with Gasteiger partial charge in [0.05, 0.1) is 23.9 Å². The van der Waals surface area contributed by atoms with Crippen molar-refractivity contribution in [2.24, 2.45) is 0 Å². The van der Waals surface area contributed by atoms with Gasteiger partial charge in [0.25, 0.3) is 0 Å². The van der Waals surface area contributed by atoms with Gasteiger partial charge in [0.2, 0.25) is 0 Å². The maximum absolute atomic E-state index is 11.9. The Morgan fingerprint density at radius 3 is 2.83 bits per heavy atom. The number of carbonyl (C=O) groups excluding carboxylic acids is 1. The zero-order valence-electron chi connectivity index (χ0n) is 10.2. The third kappa shape index (κ3) is 2.29. The normalized spacial score (nSPS) is 10.6. The molecule has 0 amide bonds. The summed E-state index contributed by atoms with van der Waals surface area (Å²) < 4.78 is 4.82. The quantitative estimate of drug-likeness (QED) is 0.800. The summed E-state index contributed by atoms with van der Waals surface area (Å²) in [6, 6.07) is 5.19. The zero-order chi connectivity index (χ0) is 13.1. The number of fused-ring (bicyclic) bond motifs is 1. The van der Waals surface area contributed by atoms with E-state index in [1.54, 1.807) is 18.2 Å². The maximum atomic E-state index is 11.9. The number of nitrogens with zero attached hydrogens (tertiary/aromatic N) is 2. The molecule has 0 saturated carbocycles. The number of hydrogen-bond acceptors (Lipinski definition) is 4. The Bertz CT molecular complexity index is 599. The Hall–Kier alpha value is -1.68. The molecule has 18 heavy (non-hydrogen) atoms. The van der Waals surface area contributed by atoms with E-state index >= 15 is 0 Å². The highest BCUT2D eigenvalue weighted by atomic mass is 35.5. The molecule has 0 spiro atoms. The van der Waals surface area contributed by atoms with Crippen molar-refractivity contribution >= 4 is 28.5 Å². The first-order chi connectivity index (χ1) is 8.67. The molecule has 5 heteroatoms. The van der Waals surface area contributed by atoms with Crippen LogP contribution >= 0.6 is 11.6 Å². The van der Waals surface area contributed by atoms with Gasteiger partial charge in [-0.05, 0) is 18.6 Å². The van der Waals surface area contributed by atoms with Crippen LogP contribution in [0.1, 0.15) is 29.4 Å². The Morgan fingerprint density at radius 1 is 1.39 bits per heavy atom. The first-order valence-electron chi connectivity index (χ1n) is 5.70. The van der Waals surface area contributed by atoms with Crippen LogP contribution in [0.3, 0.4) is 0 Å². The Labute approximate surface area is 110 Å². The number of rotatable bonds is 3. The Kier molecular flexibility index (Phi) is 3.77. The molecule has 2 aromatic rings. The monoisotopic (exact) mass is 264 g/mol. The van der Waals surface area contributed by atoms with Crippen LogP contribution in [0.2, 0.25) is 5.02 Å². The van der Waals surface area contributed by atoms with E-state index in [4.69, 9.17) is 16.3 Å². The van der Waals surface area contributed by atoms with Crippen molar-refractivity contribution in [1.82, 2.24) is 10.2 Å². The van der Waals surface area contributed by atoms with Gasteiger partial charge >= 0.3 is 5.97 Å². The number of carbonyl (C=O) groups is 1. The number of benzene rings is 1. The van der Waals surface area contributed by atoms with Crippen molar-refractivity contribution in [1.29, 1.82) is 0 Å². The summed E-state index contributed by atoms with van der Waals surface area (Å²) >= 11 is 5.90. The highest BCUT2D eigenvalue weighted by Crippen LogP contribution is 2.23. The lowest BCUT2D eigenvalue weighted by Crippen LogP contribution is -2.10. The number of esters is 1. The van der Waals surface area contributed by atoms with Crippen molar-refractivity contribution < 1.29 is 9.53 Å². The summed E-state index contributed by atoms with van der Waals surface area (Å²) in [5, 5.41) is 9.49. The van der Waals surface area contributed by atoms with Crippen LogP contribution in [0.25, 0.3) is 10.9 Å². The average molecular weight is 265 g/mol. The predicted molar refractivity (Wildman–Crippen MR) is 69.9 cm³/mol. The van der Waals surface area contributed by atoms with E-state index in [1.165, 1.54) is 7.11 Å². The molecule has 1 aromatic carbocycles. The molecule has 0 bridgehead atoms. The van der Waals surface area contributed by atoms with Gasteiger partial charge in [0.15, 0.2) is 0 Å². The van der Waals surface area contributed by atoms with E-state index in [0.29, 0.717) is 28.2 Å². The van der Waals surface area contributed by atoms with Gasteiger partial charge in [0.1, 0.15) is 0 Å². The molecule has 2 rings (SSSR count). The molecule has 0 unspecified atom stereocenters. The molecule has 0 fully saturated rings. The molecule has 0 aliphatic carbocycles. The van der Waals surface area contributed by atoms with Crippen LogP contribution in [-0.2, 0) is 11.2 Å². The summed E-state index contributed by atoms with van der Waals surface area (Å²) in [5.74, 6) is -0.388. The van der Waals surface area contributed by atoms with E-state index in [2.05, 4.69) is 10.2 Å². The van der Waals surface area contributed by atoms with E-state index in [0.717, 1.165) is 11.8 Å². The van der Waals surface area contributed by atoms with Crippen molar-refractivity contribution in [2.45, 2.75) is 19.8 Å². The van der Waals surface area contributed by atoms with Crippen molar-refractivity contribution in [3.63, 3.8) is 0 Å². The van der Waals surface area contributed by atoms with Crippen LogP contribution in [0, 0.1) is 0 Å². The molecule has 94 valence electrons. The summed E-state index contributed by atoms with van der Waals surface area (Å²) in [4.78, 5) is 11.9. The third-order valence-corrected chi connectivity index (χ3v) is 2.91. The molecule has 0 N–H and O–H groups in total. The van der Waals surface area contributed by atoms with Gasteiger partial charge in [-0.25, -0.2) is 4.79 Å². The second kappa shape index (κ2) is 5.31. The lowest BCUT2D eigenvalue weighted by atomic mass is 10.0. The van der Waals surface area contributed by atoms with E-state index < -0.39 is 0 Å². The average Bonchev–Trinajstić information content (AvgIpc) is 2.38. The smallest absolute Gasteiger partial charge is 0.340 e. The SMILES string of the molecule is CCCc1nnc2cc(Cl)ccc2c1C(=O)OC. The number of halogens is 1. The van der Waals surface area contributed by atoms with Crippen molar-refractivity contribution in [3.8, 4) is 0 Å². The largest absolute Gasteiger partial charge is 0.465 e. The molecule has 0 saturated heterocycles. The van der Waals surface area contributed by atoms with Crippen LogP contribution < -0.4 is 0 Å². The minimum absolute atomic E-state index is 0.388. The van der Waals surface area contributed by atoms with Crippen LogP contribution in [-0.4, -0.2) is 23.3 Å². The lowest BCUT2D eigenvalue weighted by Gasteiger charge is -2.08. The second-order valence-electron chi connectivity index (χ2n) is 3.92. The standard InChI is InChI=1S/C13H13ClN2O2/c1-3-4-10-12(13(17)18-2)9-6-5-8(14)7-11(9)16-15-10/h5-7H,3-4H2,1-2H3. The number of ether oxygens (including phenoxy) is 1. The van der Waals surface area contributed by atoms with E-state index in [1.807, 2.05) is 6.92 Å². The van der Waals surface area contributed by atoms with Gasteiger partial charge in [-0.3, -0.25) is 0 Å². The van der Waals surface area contributed by atoms with Crippen LogP contribution in [0.5, 0.6) is 0 Å². The Balaban J connectivity index is 2.72. The first kappa shape index (κ1) is 12.8. The lowest BCUT2D eigenvalue weighted by molar-refractivity contribution is 0.0601. The van der Waals surface area contributed by atoms with Gasteiger partial charge < -0.3 is 4.74 Å². The van der Waals surface area contributed by atoms with Gasteiger partial charge in [-0.2, -0.15) is 10.2 Å². The number of aryl methyl sites for hydroxylation is 1. The highest BCUT2D eigenvalue weighted by molar-refractivity contribution is 6.31. The van der Waals surface area contributed by atoms with Gasteiger partial charge in [-0.1, -0.05) is 31.0 Å². The third-order valence-electron chi connectivity index (χ3n) is 2.67. The molecule has 1 heterocycles. The fourth-order valence-corrected chi connectivity index (χ4v) is 2.03. The van der Waals surface area contributed by atoms with Crippen LogP contribution in [0.4, 0.5) is 0 Å². The molecular weight excluding hydrogens is 252 g/mol. The van der Waals surface area contributed by atoms with Gasteiger partial charge in [-0.15, -0.1) is 0 Å². The number of methoxy groups -OCH3 is 1. The van der Waals surface area contributed by atoms with E-state index in [9.17, 15) is 4.79 Å². The predicted octanol–water partition coefficient (Wildman–Crippen LogP) is 3.02. The fraction of sp³-hybridized carbons (Fsp3) is 0.308. The number of hydrogen-bond donors (Lipinski definition) is 0. The summed E-state index contributed by atoms with van der Waals surface area (Å²) in [5.41, 5.74) is 1.75. The molecule has 0 atom stereocenters. The highest BCUT2D eigenvalue weighted by Gasteiger charge is 2.17. The van der Waals surface area contributed by atoms with Gasteiger partial charge in [0, 0.05) is 10.4 Å². The van der Waals surface area contributed by atoms with Crippen molar-refractivity contribution in [3.05, 3.63) is 34.5 Å². The van der Waals surface area contributed by atoms with E-state index in [-0.39, 0.29) is 5.97 Å². The molecular formula is C13H13ClN2O2. The zero-order valence-corrected chi connectivity index (χ0v) is 11.0. The topological polar surface area (TPSA) is 52.1 Å². The van der Waals surface area contributed by atoms with Crippen molar-refractivity contribution in [2.75, 3.05) is 7.11 Å². The maximum Gasteiger partial charge on any atom is 0.340 e. The molecule has 1 aromatic heterocycles. The second-order valence-corrected chi connectivity index (χ2v) is 4.36. The summed E-state index contributed by atoms with van der Waals surface area (Å²) in [7, 11) is 1.36. The first-order valence-corrected chi connectivity index (χ1v) is 6.08. The molecule has 0 aliphatic rings. The van der Waals surface area contributed by atoms with Crippen LogP contribution in [0.15, 0.2) is 18.2 Å². The number of aromatic nitrogens is 2. The Morgan fingerprint density at radius 2 is 2.17 bits per heavy atom. The molecule has 0 radical (unpaired) electrons. The minimum atomic E-state index is -0.388. The summed E-state index contributed by atoms with van der Waals surface area (Å²) in [6.45, 7) is 2.02.